The minimum absolute atomic E-state index is 0.575. The van der Waals surface area contributed by atoms with Gasteiger partial charge in [-0.25, -0.2) is 0 Å². The summed E-state index contributed by atoms with van der Waals surface area (Å²) in [4.78, 5) is 0.697. The zero-order chi connectivity index (χ0) is 10.8. The van der Waals surface area contributed by atoms with E-state index in [9.17, 15) is 13.2 Å². The monoisotopic (exact) mass is 332 g/mol. The Bertz CT molecular complexity index is 322. The molecule has 0 bridgehead atoms. The molecule has 0 N–H and O–H groups in total. The summed E-state index contributed by atoms with van der Waals surface area (Å²) in [7, 11) is 0. The number of hydrogen-bond donors (Lipinski definition) is 0. The van der Waals surface area contributed by atoms with Crippen molar-refractivity contribution < 1.29 is 13.2 Å². The molecule has 5 heteroatoms. The fourth-order valence-corrected chi connectivity index (χ4v) is 2.48. The van der Waals surface area contributed by atoms with E-state index in [4.69, 9.17) is 0 Å². The van der Waals surface area contributed by atoms with Crippen LogP contribution in [0.5, 0.6) is 0 Å². The average molecular weight is 332 g/mol. The topological polar surface area (TPSA) is 0 Å². The summed E-state index contributed by atoms with van der Waals surface area (Å²) in [6, 6.07) is 3.82. The number of hydrogen-bond acceptors (Lipinski definition) is 1. The van der Waals surface area contributed by atoms with Gasteiger partial charge in [0, 0.05) is 8.47 Å². The Morgan fingerprint density at radius 1 is 1.36 bits per heavy atom. The molecule has 0 spiro atoms. The third-order valence-corrected chi connectivity index (χ3v) is 3.80. The van der Waals surface area contributed by atoms with Crippen LogP contribution < -0.4 is 0 Å². The van der Waals surface area contributed by atoms with Crippen LogP contribution in [0.15, 0.2) is 23.1 Å². The second-order valence-electron chi connectivity index (χ2n) is 2.58. The van der Waals surface area contributed by atoms with Gasteiger partial charge >= 0.3 is 6.18 Å². The van der Waals surface area contributed by atoms with E-state index in [1.165, 1.54) is 23.9 Å². The number of rotatable bonds is 2. The van der Waals surface area contributed by atoms with Crippen molar-refractivity contribution in [1.29, 1.82) is 0 Å². The van der Waals surface area contributed by atoms with Crippen molar-refractivity contribution in [3.63, 3.8) is 0 Å². The third kappa shape index (κ3) is 3.05. The summed E-state index contributed by atoms with van der Waals surface area (Å²) in [5.41, 5.74) is -0.575. The molecule has 78 valence electrons. The standard InChI is InChI=1S/C9H8F3IS/c1-2-14-8-5-6(9(10,11)12)3-4-7(8)13/h3-5H,2H2,1H3. The summed E-state index contributed by atoms with van der Waals surface area (Å²) in [6.07, 6.45) is -4.24. The van der Waals surface area contributed by atoms with Crippen molar-refractivity contribution in [2.75, 3.05) is 5.75 Å². The van der Waals surface area contributed by atoms with E-state index < -0.39 is 11.7 Å². The van der Waals surface area contributed by atoms with Crippen molar-refractivity contribution in [3.05, 3.63) is 27.3 Å². The van der Waals surface area contributed by atoms with Crippen LogP contribution in [-0.4, -0.2) is 5.75 Å². The molecule has 0 saturated carbocycles. The highest BCUT2D eigenvalue weighted by atomic mass is 127. The maximum absolute atomic E-state index is 12.3. The first-order valence-electron chi connectivity index (χ1n) is 3.94. The van der Waals surface area contributed by atoms with Crippen LogP contribution in [0.25, 0.3) is 0 Å². The lowest BCUT2D eigenvalue weighted by molar-refractivity contribution is -0.137. The van der Waals surface area contributed by atoms with Gasteiger partial charge in [-0.3, -0.25) is 0 Å². The number of thioether (sulfide) groups is 1. The van der Waals surface area contributed by atoms with E-state index >= 15 is 0 Å². The van der Waals surface area contributed by atoms with Gasteiger partial charge in [-0.15, -0.1) is 11.8 Å². The minimum Gasteiger partial charge on any atom is -0.166 e. The van der Waals surface area contributed by atoms with Crippen LogP contribution in [0.4, 0.5) is 13.2 Å². The molecule has 0 radical (unpaired) electrons. The van der Waals surface area contributed by atoms with Crippen LogP contribution in [0.2, 0.25) is 0 Å². The molecular weight excluding hydrogens is 324 g/mol. The van der Waals surface area contributed by atoms with Crippen molar-refractivity contribution in [2.24, 2.45) is 0 Å². The van der Waals surface area contributed by atoms with E-state index in [1.807, 2.05) is 29.5 Å². The molecule has 0 aromatic heterocycles. The Balaban J connectivity index is 3.06. The van der Waals surface area contributed by atoms with Crippen molar-refractivity contribution >= 4 is 34.4 Å². The van der Waals surface area contributed by atoms with Crippen molar-refractivity contribution in [1.82, 2.24) is 0 Å². The quantitative estimate of drug-likeness (QED) is 0.571. The second kappa shape index (κ2) is 4.74. The first kappa shape index (κ1) is 12.2. The fraction of sp³-hybridized carbons (Fsp3) is 0.333. The van der Waals surface area contributed by atoms with Gasteiger partial charge in [0.1, 0.15) is 0 Å². The van der Waals surface area contributed by atoms with Gasteiger partial charge in [-0.05, 0) is 46.5 Å². The highest BCUT2D eigenvalue weighted by molar-refractivity contribution is 14.1. The molecule has 0 amide bonds. The van der Waals surface area contributed by atoms with Gasteiger partial charge in [-0.2, -0.15) is 13.2 Å². The molecule has 0 fully saturated rings. The highest BCUT2D eigenvalue weighted by Gasteiger charge is 2.30. The van der Waals surface area contributed by atoms with Gasteiger partial charge < -0.3 is 0 Å². The smallest absolute Gasteiger partial charge is 0.166 e. The molecule has 0 nitrogen and oxygen atoms in total. The fourth-order valence-electron chi connectivity index (χ4n) is 0.946. The molecule has 0 aliphatic heterocycles. The van der Waals surface area contributed by atoms with E-state index in [-0.39, 0.29) is 0 Å². The van der Waals surface area contributed by atoms with Crippen LogP contribution in [0.1, 0.15) is 12.5 Å². The highest BCUT2D eigenvalue weighted by Crippen LogP contribution is 2.33. The Hall–Kier alpha value is 0.0900. The van der Waals surface area contributed by atoms with Crippen molar-refractivity contribution in [3.8, 4) is 0 Å². The Morgan fingerprint density at radius 3 is 2.50 bits per heavy atom. The number of halogens is 4. The summed E-state index contributed by atoms with van der Waals surface area (Å²) in [6.45, 7) is 1.92. The summed E-state index contributed by atoms with van der Waals surface area (Å²) >= 11 is 3.47. The van der Waals surface area contributed by atoms with Crippen LogP contribution in [-0.2, 0) is 6.18 Å². The van der Waals surface area contributed by atoms with Gasteiger partial charge in [0.25, 0.3) is 0 Å². The van der Waals surface area contributed by atoms with E-state index in [2.05, 4.69) is 0 Å². The lowest BCUT2D eigenvalue weighted by atomic mass is 10.2. The molecule has 0 saturated heterocycles. The first-order chi connectivity index (χ1) is 6.45. The molecule has 0 aliphatic rings. The molecule has 1 rings (SSSR count). The SMILES string of the molecule is CCSc1cc(C(F)(F)F)ccc1I. The molecule has 14 heavy (non-hydrogen) atoms. The molecule has 0 aliphatic carbocycles. The Kier molecular flexibility index (Phi) is 4.12. The molecular formula is C9H8F3IS. The van der Waals surface area contributed by atoms with Gasteiger partial charge in [0.05, 0.1) is 5.56 Å². The average Bonchev–Trinajstić information content (AvgIpc) is 2.07. The predicted octanol–water partition coefficient (Wildman–Crippen LogP) is 4.42. The third-order valence-electron chi connectivity index (χ3n) is 1.56. The molecule has 1 aromatic carbocycles. The van der Waals surface area contributed by atoms with E-state index in [0.29, 0.717) is 4.90 Å². The summed E-state index contributed by atoms with van der Waals surface area (Å²) in [5.74, 6) is 0.775. The summed E-state index contributed by atoms with van der Waals surface area (Å²) in [5, 5.41) is 0. The van der Waals surface area contributed by atoms with Crippen LogP contribution in [0, 0.1) is 3.57 Å². The molecule has 1 aromatic rings. The molecule has 0 atom stereocenters. The Labute approximate surface area is 98.4 Å². The van der Waals surface area contributed by atoms with Crippen LogP contribution in [0.3, 0.4) is 0 Å². The van der Waals surface area contributed by atoms with E-state index in [1.54, 1.807) is 0 Å². The molecule has 0 unspecified atom stereocenters. The molecule has 0 heterocycles. The van der Waals surface area contributed by atoms with Crippen LogP contribution >= 0.6 is 34.4 Å². The van der Waals surface area contributed by atoms with Gasteiger partial charge in [-0.1, -0.05) is 6.92 Å². The number of alkyl halides is 3. The van der Waals surface area contributed by atoms with Gasteiger partial charge in [0.15, 0.2) is 0 Å². The minimum atomic E-state index is -4.24. The maximum Gasteiger partial charge on any atom is 0.416 e. The largest absolute Gasteiger partial charge is 0.416 e. The lowest BCUT2D eigenvalue weighted by Gasteiger charge is -2.09. The first-order valence-corrected chi connectivity index (χ1v) is 6.01. The normalized spacial score (nSPS) is 11.8. The zero-order valence-corrected chi connectivity index (χ0v) is 10.3. The number of benzene rings is 1. The predicted molar refractivity (Wildman–Crippen MR) is 60.6 cm³/mol. The van der Waals surface area contributed by atoms with Gasteiger partial charge in [0.2, 0.25) is 0 Å². The Morgan fingerprint density at radius 2 is 2.00 bits per heavy atom. The maximum atomic E-state index is 12.3. The van der Waals surface area contributed by atoms with Crippen molar-refractivity contribution in [2.45, 2.75) is 18.0 Å². The summed E-state index contributed by atoms with van der Waals surface area (Å²) < 4.78 is 37.8. The lowest BCUT2D eigenvalue weighted by Crippen LogP contribution is -2.05. The second-order valence-corrected chi connectivity index (χ2v) is 5.04. The zero-order valence-electron chi connectivity index (χ0n) is 7.36. The van der Waals surface area contributed by atoms with E-state index in [0.717, 1.165) is 15.4 Å².